The van der Waals surface area contributed by atoms with Gasteiger partial charge in [-0.1, -0.05) is 37.1 Å². The molecular formula is C26H25N7O. The molecule has 2 aliphatic rings. The Kier molecular flexibility index (Phi) is 5.46. The van der Waals surface area contributed by atoms with Gasteiger partial charge in [-0.05, 0) is 48.4 Å². The molecule has 0 saturated carbocycles. The van der Waals surface area contributed by atoms with E-state index in [0.717, 1.165) is 22.2 Å². The predicted molar refractivity (Wildman–Crippen MR) is 135 cm³/mol. The van der Waals surface area contributed by atoms with Gasteiger partial charge < -0.3 is 5.73 Å². The molecule has 4 heterocycles. The van der Waals surface area contributed by atoms with Crippen LogP contribution in [0.1, 0.15) is 30.2 Å². The number of hydrazone groups is 1. The Labute approximate surface area is 197 Å². The van der Waals surface area contributed by atoms with Crippen LogP contribution in [0.4, 0.5) is 0 Å². The summed E-state index contributed by atoms with van der Waals surface area (Å²) in [7, 11) is 0. The lowest BCUT2D eigenvalue weighted by Gasteiger charge is -2.27. The van der Waals surface area contributed by atoms with Gasteiger partial charge in [0.05, 0.1) is 11.9 Å². The number of aryl methyl sites for hydroxylation is 2. The first-order valence-electron chi connectivity index (χ1n) is 11.2. The van der Waals surface area contributed by atoms with E-state index in [2.05, 4.69) is 26.8 Å². The van der Waals surface area contributed by atoms with E-state index in [9.17, 15) is 4.79 Å². The summed E-state index contributed by atoms with van der Waals surface area (Å²) in [5.74, 6) is 6.94. The van der Waals surface area contributed by atoms with Gasteiger partial charge in [0.1, 0.15) is 29.6 Å². The minimum Gasteiger partial charge on any atom is -0.386 e. The van der Waals surface area contributed by atoms with Gasteiger partial charge in [0.2, 0.25) is 0 Å². The van der Waals surface area contributed by atoms with Crippen molar-refractivity contribution in [3.05, 3.63) is 69.8 Å². The van der Waals surface area contributed by atoms with Gasteiger partial charge in [-0.25, -0.2) is 15.0 Å². The van der Waals surface area contributed by atoms with Gasteiger partial charge in [-0.15, -0.1) is 0 Å². The molecule has 5 rings (SSSR count). The molecule has 3 aromatic rings. The SMILES string of the molecule is CCC#CC1=NN(Cc2cc3cccc(C)c3c(=O)n2-c2ncccc2C)C2N=CN=C(N)C12. The Morgan fingerprint density at radius 1 is 1.15 bits per heavy atom. The predicted octanol–water partition coefficient (Wildman–Crippen LogP) is 2.93. The lowest BCUT2D eigenvalue weighted by atomic mass is 9.99. The molecular weight excluding hydrogens is 426 g/mol. The Hall–Kier alpha value is -4.25. The molecule has 8 nitrogen and oxygen atoms in total. The number of pyridine rings is 2. The quantitative estimate of drug-likeness (QED) is 0.619. The molecule has 0 radical (unpaired) electrons. The van der Waals surface area contributed by atoms with E-state index in [0.29, 0.717) is 35.7 Å². The number of aliphatic imine (C=N–C) groups is 2. The van der Waals surface area contributed by atoms with E-state index in [-0.39, 0.29) is 17.6 Å². The topological polar surface area (TPSA) is 101 Å². The highest BCUT2D eigenvalue weighted by molar-refractivity contribution is 6.17. The molecule has 2 unspecified atom stereocenters. The minimum atomic E-state index is -0.361. The van der Waals surface area contributed by atoms with Crippen LogP contribution in [0.2, 0.25) is 0 Å². The smallest absolute Gasteiger partial charge is 0.264 e. The van der Waals surface area contributed by atoms with Crippen molar-refractivity contribution in [2.45, 2.75) is 39.9 Å². The summed E-state index contributed by atoms with van der Waals surface area (Å²) < 4.78 is 1.69. The average molecular weight is 452 g/mol. The molecule has 0 aliphatic carbocycles. The van der Waals surface area contributed by atoms with E-state index in [1.54, 1.807) is 10.8 Å². The number of rotatable bonds is 3. The van der Waals surface area contributed by atoms with E-state index in [4.69, 9.17) is 10.8 Å². The highest BCUT2D eigenvalue weighted by atomic mass is 16.1. The van der Waals surface area contributed by atoms with Crippen molar-refractivity contribution < 1.29 is 0 Å². The molecule has 2 aromatic heterocycles. The first kappa shape index (κ1) is 21.6. The van der Waals surface area contributed by atoms with Crippen LogP contribution in [0.15, 0.2) is 62.5 Å². The maximum atomic E-state index is 13.8. The van der Waals surface area contributed by atoms with Gasteiger partial charge in [0.15, 0.2) is 6.17 Å². The monoisotopic (exact) mass is 451 g/mol. The number of fused-ring (bicyclic) bond motifs is 2. The van der Waals surface area contributed by atoms with Gasteiger partial charge in [-0.3, -0.25) is 14.4 Å². The molecule has 2 N–H and O–H groups in total. The summed E-state index contributed by atoms with van der Waals surface area (Å²) >= 11 is 0. The fourth-order valence-electron chi connectivity index (χ4n) is 4.50. The Morgan fingerprint density at radius 2 is 1.97 bits per heavy atom. The van der Waals surface area contributed by atoms with Crippen molar-refractivity contribution in [1.29, 1.82) is 0 Å². The highest BCUT2D eigenvalue weighted by Gasteiger charge is 2.40. The Morgan fingerprint density at radius 3 is 2.76 bits per heavy atom. The zero-order chi connectivity index (χ0) is 23.8. The second kappa shape index (κ2) is 8.60. The summed E-state index contributed by atoms with van der Waals surface area (Å²) in [6.45, 7) is 6.22. The van der Waals surface area contributed by atoms with Crippen LogP contribution in [0.25, 0.3) is 16.6 Å². The third-order valence-corrected chi connectivity index (χ3v) is 6.12. The van der Waals surface area contributed by atoms with Crippen molar-refractivity contribution in [2.24, 2.45) is 26.7 Å². The molecule has 0 fully saturated rings. The Bertz CT molecular complexity index is 1500. The largest absolute Gasteiger partial charge is 0.386 e. The summed E-state index contributed by atoms with van der Waals surface area (Å²) in [5, 5.41) is 8.17. The summed E-state index contributed by atoms with van der Waals surface area (Å²) in [4.78, 5) is 27.1. The van der Waals surface area contributed by atoms with Gasteiger partial charge in [-0.2, -0.15) is 5.10 Å². The number of hydrogen-bond acceptors (Lipinski definition) is 7. The van der Waals surface area contributed by atoms with E-state index < -0.39 is 0 Å². The number of aromatic nitrogens is 2. The Balaban J connectivity index is 1.69. The minimum absolute atomic E-state index is 0.105. The zero-order valence-corrected chi connectivity index (χ0v) is 19.4. The highest BCUT2D eigenvalue weighted by Crippen LogP contribution is 2.28. The molecule has 2 aliphatic heterocycles. The molecule has 0 saturated heterocycles. The molecule has 170 valence electrons. The van der Waals surface area contributed by atoms with Crippen molar-refractivity contribution in [3.63, 3.8) is 0 Å². The van der Waals surface area contributed by atoms with Crippen LogP contribution < -0.4 is 11.3 Å². The van der Waals surface area contributed by atoms with Gasteiger partial charge in [0, 0.05) is 18.3 Å². The van der Waals surface area contributed by atoms with Crippen molar-refractivity contribution in [3.8, 4) is 17.7 Å². The van der Waals surface area contributed by atoms with Gasteiger partial charge in [0.25, 0.3) is 5.56 Å². The maximum Gasteiger partial charge on any atom is 0.264 e. The van der Waals surface area contributed by atoms with Crippen molar-refractivity contribution >= 4 is 28.7 Å². The second-order valence-corrected chi connectivity index (χ2v) is 8.41. The molecule has 0 amide bonds. The number of benzene rings is 1. The molecule has 34 heavy (non-hydrogen) atoms. The van der Waals surface area contributed by atoms with Crippen LogP contribution >= 0.6 is 0 Å². The standard InChI is InChI=1S/C26H25N7O/c1-4-5-11-20-22-23(27)29-15-30-25(22)32(31-20)14-19-13-18-10-6-8-16(2)21(18)26(34)33(19)24-17(3)9-7-12-28-24/h6-10,12-13,15,22,25H,4,14H2,1-3H3,(H2,27,29,30). The third kappa shape index (κ3) is 3.55. The fourth-order valence-corrected chi connectivity index (χ4v) is 4.50. The average Bonchev–Trinajstić information content (AvgIpc) is 3.17. The summed E-state index contributed by atoms with van der Waals surface area (Å²) in [5.41, 5.74) is 9.34. The number of nitrogens with zero attached hydrogens (tertiary/aromatic N) is 6. The first-order chi connectivity index (χ1) is 16.5. The number of hydrogen-bond donors (Lipinski definition) is 1. The number of amidine groups is 1. The van der Waals surface area contributed by atoms with Crippen LogP contribution in [-0.4, -0.2) is 38.6 Å². The lowest BCUT2D eigenvalue weighted by molar-refractivity contribution is 0.210. The van der Waals surface area contributed by atoms with Crippen molar-refractivity contribution in [2.75, 3.05) is 0 Å². The molecule has 0 bridgehead atoms. The van der Waals surface area contributed by atoms with Gasteiger partial charge >= 0.3 is 0 Å². The fraction of sp³-hybridized carbons (Fsp3) is 0.269. The first-order valence-corrected chi connectivity index (χ1v) is 11.2. The third-order valence-electron chi connectivity index (χ3n) is 6.12. The van der Waals surface area contributed by atoms with Crippen LogP contribution in [0.5, 0.6) is 0 Å². The van der Waals surface area contributed by atoms with E-state index in [1.807, 2.05) is 62.2 Å². The molecule has 1 aromatic carbocycles. The second-order valence-electron chi connectivity index (χ2n) is 8.41. The molecule has 2 atom stereocenters. The normalized spacial score (nSPS) is 18.9. The van der Waals surface area contributed by atoms with Crippen molar-refractivity contribution in [1.82, 2.24) is 14.6 Å². The van der Waals surface area contributed by atoms with Crippen LogP contribution in [-0.2, 0) is 6.54 Å². The molecule has 0 spiro atoms. The van der Waals surface area contributed by atoms with E-state index in [1.165, 1.54) is 6.34 Å². The lowest BCUT2D eigenvalue weighted by Crippen LogP contribution is -2.42. The maximum absolute atomic E-state index is 13.8. The molecule has 8 heteroatoms. The van der Waals surface area contributed by atoms with Crippen LogP contribution in [0.3, 0.4) is 0 Å². The van der Waals surface area contributed by atoms with E-state index >= 15 is 0 Å². The summed E-state index contributed by atoms with van der Waals surface area (Å²) in [6, 6.07) is 11.7. The summed E-state index contributed by atoms with van der Waals surface area (Å²) in [6.07, 6.45) is 3.51. The zero-order valence-electron chi connectivity index (χ0n) is 19.4. The van der Waals surface area contributed by atoms with Crippen LogP contribution in [0, 0.1) is 31.6 Å². The number of nitrogens with two attached hydrogens (primary N) is 1.